The quantitative estimate of drug-likeness (QED) is 0.494. The van der Waals surface area contributed by atoms with Gasteiger partial charge in [0.15, 0.2) is 0 Å². The summed E-state index contributed by atoms with van der Waals surface area (Å²) >= 11 is 1.09. The molecule has 3 aromatic carbocycles. The van der Waals surface area contributed by atoms with Crippen LogP contribution in [0, 0.1) is 0 Å². The second-order valence-corrected chi connectivity index (χ2v) is 12.3. The molecule has 1 aliphatic heterocycles. The Labute approximate surface area is 211 Å². The zero-order valence-corrected chi connectivity index (χ0v) is 21.4. The Morgan fingerprint density at radius 2 is 1.45 bits per heavy atom. The Hall–Kier alpha value is -1.51. The summed E-state index contributed by atoms with van der Waals surface area (Å²) in [5.41, 5.74) is 7.02. The number of benzene rings is 3. The minimum atomic E-state index is -0.798. The second-order valence-electron chi connectivity index (χ2n) is 7.47. The first-order valence-electron chi connectivity index (χ1n) is 9.97. The van der Waals surface area contributed by atoms with E-state index in [1.807, 2.05) is 11.8 Å². The van der Waals surface area contributed by atoms with Gasteiger partial charge in [-0.05, 0) is 0 Å². The first kappa shape index (κ1) is 22.7. The first-order valence-corrected chi connectivity index (χ1v) is 13.4. The van der Waals surface area contributed by atoms with Gasteiger partial charge in [-0.15, -0.1) is 0 Å². The molecule has 0 bridgehead atoms. The van der Waals surface area contributed by atoms with Crippen molar-refractivity contribution in [1.82, 2.24) is 0 Å². The summed E-state index contributed by atoms with van der Waals surface area (Å²) < 4.78 is 2.24. The van der Waals surface area contributed by atoms with E-state index in [0.29, 0.717) is 3.63 Å². The first-order chi connectivity index (χ1) is 14.4. The molecule has 0 N–H and O–H groups in total. The summed E-state index contributed by atoms with van der Waals surface area (Å²) in [6.07, 6.45) is 10.5. The average Bonchev–Trinajstić information content (AvgIpc) is 3.40. The fraction of sp³-hybridized carbons (Fsp3) is 0.0769. The third-order valence-corrected chi connectivity index (χ3v) is 10.9. The van der Waals surface area contributed by atoms with E-state index >= 15 is 0 Å². The van der Waals surface area contributed by atoms with Crippen LogP contribution in [-0.2, 0) is 23.2 Å². The van der Waals surface area contributed by atoms with Gasteiger partial charge in [-0.3, -0.25) is 0 Å². The predicted octanol–water partition coefficient (Wildman–Crippen LogP) is 1.32. The van der Waals surface area contributed by atoms with Crippen molar-refractivity contribution in [2.75, 3.05) is 4.90 Å². The SMILES string of the molecule is C1=CC[C]([Zr+2][CH]2C(N3c4ccccc4Sc4ccccc43)=Cc3ccccc32)=C1.[Cl-].[Cl-]. The molecule has 1 unspecified atom stereocenters. The second kappa shape index (κ2) is 9.55. The van der Waals surface area contributed by atoms with E-state index in [2.05, 4.69) is 102 Å². The summed E-state index contributed by atoms with van der Waals surface area (Å²) in [7, 11) is 0. The number of para-hydroxylation sites is 2. The van der Waals surface area contributed by atoms with Gasteiger partial charge in [-0.25, -0.2) is 0 Å². The van der Waals surface area contributed by atoms with Gasteiger partial charge in [0.05, 0.1) is 0 Å². The van der Waals surface area contributed by atoms with E-state index in [9.17, 15) is 0 Å². The Bertz CT molecular complexity index is 1170. The maximum atomic E-state index is 2.55. The number of nitrogens with zero attached hydrogens (tertiary/aromatic N) is 1. The molecule has 1 heterocycles. The number of allylic oxidation sites excluding steroid dienone is 5. The maximum absolute atomic E-state index is 2.55. The summed E-state index contributed by atoms with van der Waals surface area (Å²) in [5.74, 6) is 0. The van der Waals surface area contributed by atoms with Gasteiger partial charge >= 0.3 is 188 Å². The number of hydrogen-bond donors (Lipinski definition) is 0. The molecule has 5 heteroatoms. The topological polar surface area (TPSA) is 3.24 Å². The van der Waals surface area contributed by atoms with Crippen LogP contribution in [-0.4, -0.2) is 0 Å². The van der Waals surface area contributed by atoms with E-state index in [0.717, 1.165) is 6.42 Å². The summed E-state index contributed by atoms with van der Waals surface area (Å²) in [5, 5.41) is 0. The van der Waals surface area contributed by atoms with Crippen LogP contribution < -0.4 is 29.7 Å². The third-order valence-electron chi connectivity index (χ3n) is 5.70. The molecule has 0 aromatic heterocycles. The summed E-state index contributed by atoms with van der Waals surface area (Å²) in [6.45, 7) is 0. The minimum absolute atomic E-state index is 0. The zero-order valence-electron chi connectivity index (χ0n) is 16.6. The molecule has 0 saturated carbocycles. The average molecular weight is 540 g/mol. The number of anilines is 2. The molecule has 152 valence electrons. The zero-order chi connectivity index (χ0) is 19.2. The number of halogens is 2. The van der Waals surface area contributed by atoms with Crippen LogP contribution >= 0.6 is 11.8 Å². The van der Waals surface area contributed by atoms with Gasteiger partial charge in [0, 0.05) is 0 Å². The van der Waals surface area contributed by atoms with Crippen molar-refractivity contribution in [3.63, 3.8) is 0 Å². The van der Waals surface area contributed by atoms with Crippen molar-refractivity contribution in [2.45, 2.75) is 19.8 Å². The van der Waals surface area contributed by atoms with Crippen LogP contribution in [0.4, 0.5) is 11.4 Å². The monoisotopic (exact) mass is 537 g/mol. The number of fused-ring (bicyclic) bond motifs is 3. The van der Waals surface area contributed by atoms with Crippen LogP contribution in [0.15, 0.2) is 110 Å². The van der Waals surface area contributed by atoms with Crippen molar-refractivity contribution < 1.29 is 48.0 Å². The van der Waals surface area contributed by atoms with Crippen LogP contribution in [0.5, 0.6) is 0 Å². The van der Waals surface area contributed by atoms with Gasteiger partial charge in [0.25, 0.3) is 0 Å². The Balaban J connectivity index is 0.00000116. The number of rotatable bonds is 3. The molecule has 3 aromatic rings. The van der Waals surface area contributed by atoms with Gasteiger partial charge in [-0.2, -0.15) is 0 Å². The standard InChI is InChI=1S/C21H14NS.C5H5.2ClH.Zr/c1-2-8-16-14-17(13-15(16)7-1)22-18-9-3-5-11-20(18)23-21-12-6-4-10-19(21)22;1-2-4-5-3-1;;;/h1-14H;1-3H,4H2;2*1H;/q;;;;+2/p-2. The molecule has 1 nitrogen and oxygen atoms in total. The van der Waals surface area contributed by atoms with Gasteiger partial charge < -0.3 is 24.8 Å². The largest absolute Gasteiger partial charge is 1.00 e. The van der Waals surface area contributed by atoms with E-state index in [1.54, 1.807) is 3.28 Å². The molecule has 0 saturated heterocycles. The van der Waals surface area contributed by atoms with Gasteiger partial charge in [-0.1, -0.05) is 0 Å². The third kappa shape index (κ3) is 4.02. The van der Waals surface area contributed by atoms with E-state index in [4.69, 9.17) is 0 Å². The molecule has 1 atom stereocenters. The summed E-state index contributed by atoms with van der Waals surface area (Å²) in [6, 6.07) is 26.7. The molecule has 6 rings (SSSR count). The van der Waals surface area contributed by atoms with E-state index in [-0.39, 0.29) is 24.8 Å². The van der Waals surface area contributed by atoms with Crippen LogP contribution in [0.2, 0.25) is 0 Å². The molecule has 0 fully saturated rings. The van der Waals surface area contributed by atoms with Gasteiger partial charge in [0.1, 0.15) is 0 Å². The molecular formula is C26H19Cl2NSZr. The Kier molecular flexibility index (Phi) is 6.99. The Morgan fingerprint density at radius 1 is 0.806 bits per heavy atom. The van der Waals surface area contributed by atoms with Crippen LogP contribution in [0.1, 0.15) is 21.2 Å². The van der Waals surface area contributed by atoms with Crippen molar-refractivity contribution >= 4 is 29.2 Å². The van der Waals surface area contributed by atoms with Crippen molar-refractivity contribution in [3.05, 3.63) is 111 Å². The van der Waals surface area contributed by atoms with Crippen molar-refractivity contribution in [1.29, 1.82) is 0 Å². The molecule has 3 aliphatic rings. The van der Waals surface area contributed by atoms with Gasteiger partial charge in [0.2, 0.25) is 0 Å². The number of hydrogen-bond acceptors (Lipinski definition) is 2. The maximum Gasteiger partial charge on any atom is -1.00 e. The van der Waals surface area contributed by atoms with Crippen LogP contribution in [0.25, 0.3) is 6.08 Å². The molecule has 0 spiro atoms. The predicted molar refractivity (Wildman–Crippen MR) is 118 cm³/mol. The van der Waals surface area contributed by atoms with Crippen molar-refractivity contribution in [3.8, 4) is 0 Å². The molecule has 2 aliphatic carbocycles. The molecule has 31 heavy (non-hydrogen) atoms. The summed E-state index contributed by atoms with van der Waals surface area (Å²) in [4.78, 5) is 5.23. The molecule has 0 radical (unpaired) electrons. The molecule has 0 amide bonds. The van der Waals surface area contributed by atoms with Crippen molar-refractivity contribution in [2.24, 2.45) is 0 Å². The minimum Gasteiger partial charge on any atom is -1.00 e. The van der Waals surface area contributed by atoms with Crippen LogP contribution in [0.3, 0.4) is 0 Å². The van der Waals surface area contributed by atoms with E-state index < -0.39 is 23.2 Å². The van der Waals surface area contributed by atoms with E-state index in [1.165, 1.54) is 38.0 Å². The Morgan fingerprint density at radius 3 is 2.13 bits per heavy atom. The fourth-order valence-electron chi connectivity index (χ4n) is 4.38. The normalized spacial score (nSPS) is 17.3. The fourth-order valence-corrected chi connectivity index (χ4v) is 9.31. The smallest absolute Gasteiger partial charge is 1.00 e. The molecular weight excluding hydrogens is 520 g/mol.